The fraction of sp³-hybridized carbons (Fsp3) is 0.882. The number of hydrogen-bond donors (Lipinski definition) is 1. The van der Waals surface area contributed by atoms with E-state index < -0.39 is 17.7 Å². The fourth-order valence-corrected chi connectivity index (χ4v) is 3.82. The Morgan fingerprint density at radius 2 is 1.67 bits per heavy atom. The average Bonchev–Trinajstić information content (AvgIpc) is 2.47. The third-order valence-corrected chi connectivity index (χ3v) is 5.30. The van der Waals surface area contributed by atoms with Gasteiger partial charge in [-0.25, -0.2) is 0 Å². The van der Waals surface area contributed by atoms with Crippen LogP contribution in [0.15, 0.2) is 0 Å². The molecule has 24 heavy (non-hydrogen) atoms. The van der Waals surface area contributed by atoms with Crippen LogP contribution in [0.1, 0.15) is 48.0 Å². The van der Waals surface area contributed by atoms with Crippen LogP contribution in [-0.2, 0) is 19.1 Å². The molecule has 7 heteroatoms. The normalized spacial score (nSPS) is 14.1. The summed E-state index contributed by atoms with van der Waals surface area (Å²) < 4.78 is 10.5. The number of carbonyl (C=O) groups is 2. The highest BCUT2D eigenvalue weighted by molar-refractivity contribution is 8.02. The van der Waals surface area contributed by atoms with Crippen LogP contribution in [0.2, 0.25) is 0 Å². The highest BCUT2D eigenvalue weighted by Crippen LogP contribution is 2.12. The van der Waals surface area contributed by atoms with Gasteiger partial charge < -0.3 is 9.47 Å². The van der Waals surface area contributed by atoms with Crippen molar-refractivity contribution in [1.82, 2.24) is 5.32 Å². The standard InChI is InChI=1S/C17H33NO4S2/c1-7-9-23-10-11-24-12-14(16(20)21-8-2)18-13(3)15(19)22-17(4,5)6/h13-14,18H,7-12H2,1-6H3/t13-,14?/m0/s1. The summed E-state index contributed by atoms with van der Waals surface area (Å²) in [5.74, 6) is 3.11. The number of ether oxygens (including phenoxy) is 2. The first-order valence-corrected chi connectivity index (χ1v) is 10.8. The Balaban J connectivity index is 4.44. The molecule has 0 aliphatic carbocycles. The Hall–Kier alpha value is -0.400. The van der Waals surface area contributed by atoms with Gasteiger partial charge >= 0.3 is 11.9 Å². The second kappa shape index (κ2) is 12.9. The number of thioether (sulfide) groups is 2. The molecular formula is C17H33NO4S2. The smallest absolute Gasteiger partial charge is 0.324 e. The molecule has 0 rings (SSSR count). The van der Waals surface area contributed by atoms with Crippen LogP contribution in [0.4, 0.5) is 0 Å². The first-order chi connectivity index (χ1) is 11.2. The number of hydrogen-bond acceptors (Lipinski definition) is 7. The molecule has 0 aromatic rings. The highest BCUT2D eigenvalue weighted by Gasteiger charge is 2.27. The Morgan fingerprint density at radius 3 is 2.21 bits per heavy atom. The number of rotatable bonds is 12. The summed E-state index contributed by atoms with van der Waals surface area (Å²) in [5.41, 5.74) is -0.544. The van der Waals surface area contributed by atoms with Crippen LogP contribution in [0, 0.1) is 0 Å². The minimum Gasteiger partial charge on any atom is -0.465 e. The summed E-state index contributed by atoms with van der Waals surface area (Å²) in [6.45, 7) is 11.5. The Morgan fingerprint density at radius 1 is 1.04 bits per heavy atom. The Bertz CT molecular complexity index is 372. The number of carbonyl (C=O) groups excluding carboxylic acids is 2. The molecule has 0 bridgehead atoms. The molecule has 142 valence electrons. The van der Waals surface area contributed by atoms with Crippen molar-refractivity contribution >= 4 is 35.5 Å². The van der Waals surface area contributed by atoms with Crippen molar-refractivity contribution in [3.05, 3.63) is 0 Å². The summed E-state index contributed by atoms with van der Waals surface area (Å²) in [6, 6.07) is -1.07. The van der Waals surface area contributed by atoms with Crippen molar-refractivity contribution in [2.75, 3.05) is 29.6 Å². The molecule has 1 N–H and O–H groups in total. The van der Waals surface area contributed by atoms with Gasteiger partial charge in [0.05, 0.1) is 6.61 Å². The van der Waals surface area contributed by atoms with E-state index >= 15 is 0 Å². The monoisotopic (exact) mass is 379 g/mol. The van der Waals surface area contributed by atoms with Gasteiger partial charge in [0.1, 0.15) is 17.7 Å². The summed E-state index contributed by atoms with van der Waals surface area (Å²) in [7, 11) is 0. The molecule has 0 spiro atoms. The average molecular weight is 380 g/mol. The number of esters is 2. The maximum absolute atomic E-state index is 12.1. The van der Waals surface area contributed by atoms with Gasteiger partial charge in [0.15, 0.2) is 0 Å². The van der Waals surface area contributed by atoms with Gasteiger partial charge in [-0.15, -0.1) is 0 Å². The van der Waals surface area contributed by atoms with Gasteiger partial charge in [-0.2, -0.15) is 23.5 Å². The van der Waals surface area contributed by atoms with E-state index in [4.69, 9.17) is 9.47 Å². The second-order valence-corrected chi connectivity index (χ2v) is 8.79. The quantitative estimate of drug-likeness (QED) is 0.413. The van der Waals surface area contributed by atoms with Crippen molar-refractivity contribution < 1.29 is 19.1 Å². The van der Waals surface area contributed by atoms with Gasteiger partial charge in [-0.05, 0) is 46.8 Å². The summed E-state index contributed by atoms with van der Waals surface area (Å²) in [4.78, 5) is 24.2. The van der Waals surface area contributed by atoms with Crippen molar-refractivity contribution in [3.63, 3.8) is 0 Å². The van der Waals surface area contributed by atoms with Crippen LogP contribution in [-0.4, -0.2) is 59.2 Å². The molecule has 5 nitrogen and oxygen atoms in total. The van der Waals surface area contributed by atoms with Gasteiger partial charge in [0, 0.05) is 17.3 Å². The van der Waals surface area contributed by atoms with Crippen molar-refractivity contribution in [1.29, 1.82) is 0 Å². The molecule has 0 aliphatic rings. The SMILES string of the molecule is CCCSCCSCC(N[C@@H](C)C(=O)OC(C)(C)C)C(=O)OCC. The van der Waals surface area contributed by atoms with E-state index in [0.717, 1.165) is 17.3 Å². The molecule has 0 saturated carbocycles. The van der Waals surface area contributed by atoms with Crippen molar-refractivity contribution in [3.8, 4) is 0 Å². The molecular weight excluding hydrogens is 346 g/mol. The van der Waals surface area contributed by atoms with Crippen LogP contribution in [0.5, 0.6) is 0 Å². The molecule has 0 radical (unpaired) electrons. The van der Waals surface area contributed by atoms with Gasteiger partial charge in [0.25, 0.3) is 0 Å². The highest BCUT2D eigenvalue weighted by atomic mass is 32.2. The maximum atomic E-state index is 12.1. The van der Waals surface area contributed by atoms with E-state index in [1.165, 1.54) is 6.42 Å². The molecule has 0 amide bonds. The van der Waals surface area contributed by atoms with E-state index in [-0.39, 0.29) is 11.9 Å². The topological polar surface area (TPSA) is 64.6 Å². The molecule has 0 fully saturated rings. The Kier molecular flexibility index (Phi) is 12.7. The summed E-state index contributed by atoms with van der Waals surface area (Å²) in [6.07, 6.45) is 1.18. The third-order valence-electron chi connectivity index (χ3n) is 2.79. The summed E-state index contributed by atoms with van der Waals surface area (Å²) >= 11 is 3.61. The lowest BCUT2D eigenvalue weighted by Crippen LogP contribution is -2.49. The minimum atomic E-state index is -0.561. The van der Waals surface area contributed by atoms with Crippen LogP contribution >= 0.6 is 23.5 Å². The molecule has 2 atom stereocenters. The predicted molar refractivity (Wildman–Crippen MR) is 104 cm³/mol. The minimum absolute atomic E-state index is 0.318. The lowest BCUT2D eigenvalue weighted by molar-refractivity contribution is -0.157. The molecule has 0 aromatic heterocycles. The van der Waals surface area contributed by atoms with Gasteiger partial charge in [-0.3, -0.25) is 14.9 Å². The molecule has 0 aliphatic heterocycles. The number of nitrogens with one attached hydrogen (secondary N) is 1. The molecule has 1 unspecified atom stereocenters. The fourth-order valence-electron chi connectivity index (χ4n) is 1.75. The van der Waals surface area contributed by atoms with Crippen molar-refractivity contribution in [2.24, 2.45) is 0 Å². The van der Waals surface area contributed by atoms with E-state index in [1.807, 2.05) is 32.5 Å². The van der Waals surface area contributed by atoms with E-state index in [1.54, 1.807) is 25.6 Å². The molecule has 0 saturated heterocycles. The molecule has 0 aromatic carbocycles. The largest absolute Gasteiger partial charge is 0.465 e. The van der Waals surface area contributed by atoms with E-state index in [2.05, 4.69) is 12.2 Å². The lowest BCUT2D eigenvalue weighted by Gasteiger charge is -2.25. The second-order valence-electron chi connectivity index (χ2n) is 6.41. The zero-order valence-corrected chi connectivity index (χ0v) is 17.5. The first kappa shape index (κ1) is 23.6. The van der Waals surface area contributed by atoms with Crippen molar-refractivity contribution in [2.45, 2.75) is 65.6 Å². The summed E-state index contributed by atoms with van der Waals surface area (Å²) in [5, 5.41) is 3.05. The van der Waals surface area contributed by atoms with Crippen LogP contribution in [0.25, 0.3) is 0 Å². The van der Waals surface area contributed by atoms with Crippen LogP contribution < -0.4 is 5.32 Å². The zero-order chi connectivity index (χ0) is 18.6. The van der Waals surface area contributed by atoms with Crippen LogP contribution in [0.3, 0.4) is 0 Å². The third kappa shape index (κ3) is 12.0. The van der Waals surface area contributed by atoms with Gasteiger partial charge in [-0.1, -0.05) is 6.92 Å². The zero-order valence-electron chi connectivity index (χ0n) is 15.8. The first-order valence-electron chi connectivity index (χ1n) is 8.52. The Labute approximate surface area is 155 Å². The van der Waals surface area contributed by atoms with Gasteiger partial charge in [0.2, 0.25) is 0 Å². The predicted octanol–water partition coefficient (Wildman–Crippen LogP) is 3.11. The van der Waals surface area contributed by atoms with E-state index in [9.17, 15) is 9.59 Å². The maximum Gasteiger partial charge on any atom is 0.324 e. The lowest BCUT2D eigenvalue weighted by atomic mass is 10.2. The van der Waals surface area contributed by atoms with E-state index in [0.29, 0.717) is 12.4 Å². The molecule has 0 heterocycles.